The van der Waals surface area contributed by atoms with E-state index in [2.05, 4.69) is 48.6 Å². The number of para-hydroxylation sites is 1. The summed E-state index contributed by atoms with van der Waals surface area (Å²) in [5, 5.41) is 3.59. The maximum atomic E-state index is 5.42. The largest absolute Gasteiger partial charge is 0.496 e. The van der Waals surface area contributed by atoms with Crippen molar-refractivity contribution in [3.8, 4) is 5.75 Å². The van der Waals surface area contributed by atoms with Crippen molar-refractivity contribution < 1.29 is 9.47 Å². The topological polar surface area (TPSA) is 30.5 Å². The summed E-state index contributed by atoms with van der Waals surface area (Å²) >= 11 is 0. The molecule has 2 rings (SSSR count). The molecule has 0 aliphatic rings. The van der Waals surface area contributed by atoms with E-state index in [1.165, 1.54) is 16.7 Å². The number of methoxy groups -OCH3 is 2. The minimum Gasteiger partial charge on any atom is -0.496 e. The second kappa shape index (κ2) is 8.57. The first-order valence-corrected chi connectivity index (χ1v) is 7.65. The van der Waals surface area contributed by atoms with Gasteiger partial charge in [0.1, 0.15) is 5.75 Å². The molecule has 0 aliphatic carbocycles. The normalized spacial score (nSPS) is 12.1. The smallest absolute Gasteiger partial charge is 0.122 e. The molecule has 3 nitrogen and oxygen atoms in total. The summed E-state index contributed by atoms with van der Waals surface area (Å²) in [6, 6.07) is 16.9. The third-order valence-corrected chi connectivity index (χ3v) is 3.78. The standard InChI is InChI=1S/C19H25NO2/c1-15(12-16-8-6-7-11-19(16)22-3)20-13-17-9-4-5-10-18(17)14-21-2/h4-11,15,20H,12-14H2,1-3H3. The van der Waals surface area contributed by atoms with Crippen molar-refractivity contribution in [2.24, 2.45) is 0 Å². The Morgan fingerprint density at radius 2 is 1.55 bits per heavy atom. The van der Waals surface area contributed by atoms with Gasteiger partial charge in [0.25, 0.3) is 0 Å². The van der Waals surface area contributed by atoms with Crippen molar-refractivity contribution in [1.29, 1.82) is 0 Å². The molecule has 0 saturated carbocycles. The Kier molecular flexibility index (Phi) is 6.44. The van der Waals surface area contributed by atoms with E-state index in [-0.39, 0.29) is 0 Å². The van der Waals surface area contributed by atoms with Crippen LogP contribution in [0.2, 0.25) is 0 Å². The lowest BCUT2D eigenvalue weighted by Gasteiger charge is -2.17. The maximum Gasteiger partial charge on any atom is 0.122 e. The molecule has 0 amide bonds. The Balaban J connectivity index is 1.94. The Labute approximate surface area is 133 Å². The number of hydrogen-bond donors (Lipinski definition) is 1. The molecule has 22 heavy (non-hydrogen) atoms. The average molecular weight is 299 g/mol. The fourth-order valence-electron chi connectivity index (χ4n) is 2.58. The van der Waals surface area contributed by atoms with Gasteiger partial charge in [0.15, 0.2) is 0 Å². The first kappa shape index (κ1) is 16.5. The van der Waals surface area contributed by atoms with E-state index >= 15 is 0 Å². The molecule has 1 unspecified atom stereocenters. The van der Waals surface area contributed by atoms with E-state index in [1.54, 1.807) is 14.2 Å². The molecule has 3 heteroatoms. The zero-order valence-corrected chi connectivity index (χ0v) is 13.6. The fraction of sp³-hybridized carbons (Fsp3) is 0.368. The molecular weight excluding hydrogens is 274 g/mol. The van der Waals surface area contributed by atoms with Crippen LogP contribution in [0.5, 0.6) is 5.75 Å². The lowest BCUT2D eigenvalue weighted by molar-refractivity contribution is 0.184. The second-order valence-electron chi connectivity index (χ2n) is 5.50. The van der Waals surface area contributed by atoms with Gasteiger partial charge in [0, 0.05) is 19.7 Å². The highest BCUT2D eigenvalue weighted by molar-refractivity contribution is 5.34. The Morgan fingerprint density at radius 1 is 0.909 bits per heavy atom. The van der Waals surface area contributed by atoms with Gasteiger partial charge in [-0.1, -0.05) is 42.5 Å². The van der Waals surface area contributed by atoms with Crippen molar-refractivity contribution in [3.05, 3.63) is 65.2 Å². The van der Waals surface area contributed by atoms with Gasteiger partial charge >= 0.3 is 0 Å². The van der Waals surface area contributed by atoms with Gasteiger partial charge in [0.2, 0.25) is 0 Å². The second-order valence-corrected chi connectivity index (χ2v) is 5.50. The molecule has 0 aromatic heterocycles. The Bertz CT molecular complexity index is 583. The van der Waals surface area contributed by atoms with Crippen LogP contribution in [0.4, 0.5) is 0 Å². The first-order chi connectivity index (χ1) is 10.7. The Hall–Kier alpha value is -1.84. The van der Waals surface area contributed by atoms with Crippen LogP contribution in [0.1, 0.15) is 23.6 Å². The minimum absolute atomic E-state index is 0.368. The quantitative estimate of drug-likeness (QED) is 0.808. The van der Waals surface area contributed by atoms with Gasteiger partial charge in [0.05, 0.1) is 13.7 Å². The van der Waals surface area contributed by atoms with Crippen molar-refractivity contribution in [3.63, 3.8) is 0 Å². The summed E-state index contributed by atoms with van der Waals surface area (Å²) in [7, 11) is 3.45. The van der Waals surface area contributed by atoms with Crippen LogP contribution in [-0.4, -0.2) is 20.3 Å². The number of rotatable bonds is 8. The zero-order chi connectivity index (χ0) is 15.8. The molecule has 2 aromatic carbocycles. The van der Waals surface area contributed by atoms with Crippen molar-refractivity contribution >= 4 is 0 Å². The number of benzene rings is 2. The predicted molar refractivity (Wildman–Crippen MR) is 90.2 cm³/mol. The van der Waals surface area contributed by atoms with Crippen LogP contribution < -0.4 is 10.1 Å². The lowest BCUT2D eigenvalue weighted by Crippen LogP contribution is -2.28. The van der Waals surface area contributed by atoms with Gasteiger partial charge in [-0.25, -0.2) is 0 Å². The Morgan fingerprint density at radius 3 is 2.23 bits per heavy atom. The molecule has 0 aliphatic heterocycles. The number of ether oxygens (including phenoxy) is 2. The third kappa shape index (κ3) is 4.58. The van der Waals surface area contributed by atoms with E-state index in [0.29, 0.717) is 12.6 Å². The maximum absolute atomic E-state index is 5.42. The molecule has 0 bridgehead atoms. The summed E-state index contributed by atoms with van der Waals surface area (Å²) in [6.45, 7) is 3.69. The molecule has 1 N–H and O–H groups in total. The highest BCUT2D eigenvalue weighted by Gasteiger charge is 2.08. The summed E-state index contributed by atoms with van der Waals surface area (Å²) < 4.78 is 10.7. The SMILES string of the molecule is COCc1ccccc1CNC(C)Cc1ccccc1OC. The van der Waals surface area contributed by atoms with E-state index in [4.69, 9.17) is 9.47 Å². The van der Waals surface area contributed by atoms with E-state index < -0.39 is 0 Å². The monoisotopic (exact) mass is 299 g/mol. The molecular formula is C19H25NO2. The van der Waals surface area contributed by atoms with Crippen LogP contribution in [0.25, 0.3) is 0 Å². The number of hydrogen-bond acceptors (Lipinski definition) is 3. The highest BCUT2D eigenvalue weighted by Crippen LogP contribution is 2.19. The van der Waals surface area contributed by atoms with Crippen molar-refractivity contribution in [1.82, 2.24) is 5.32 Å². The van der Waals surface area contributed by atoms with Crippen LogP contribution in [0.15, 0.2) is 48.5 Å². The lowest BCUT2D eigenvalue weighted by atomic mass is 10.0. The predicted octanol–water partition coefficient (Wildman–Crippen LogP) is 3.56. The molecule has 118 valence electrons. The molecule has 1 atom stereocenters. The summed E-state index contributed by atoms with van der Waals surface area (Å²) in [5.41, 5.74) is 3.76. The highest BCUT2D eigenvalue weighted by atomic mass is 16.5. The summed E-state index contributed by atoms with van der Waals surface area (Å²) in [5.74, 6) is 0.955. The fourth-order valence-corrected chi connectivity index (χ4v) is 2.58. The van der Waals surface area contributed by atoms with Gasteiger partial charge in [-0.3, -0.25) is 0 Å². The van der Waals surface area contributed by atoms with Crippen LogP contribution >= 0.6 is 0 Å². The van der Waals surface area contributed by atoms with Crippen molar-refractivity contribution in [2.75, 3.05) is 14.2 Å². The van der Waals surface area contributed by atoms with Gasteiger partial charge < -0.3 is 14.8 Å². The number of nitrogens with one attached hydrogen (secondary N) is 1. The van der Waals surface area contributed by atoms with Crippen LogP contribution in [0, 0.1) is 0 Å². The van der Waals surface area contributed by atoms with Gasteiger partial charge in [-0.05, 0) is 36.1 Å². The molecule has 0 radical (unpaired) electrons. The van der Waals surface area contributed by atoms with E-state index in [1.807, 2.05) is 12.1 Å². The first-order valence-electron chi connectivity index (χ1n) is 7.65. The van der Waals surface area contributed by atoms with Crippen LogP contribution in [0.3, 0.4) is 0 Å². The molecule has 0 saturated heterocycles. The molecule has 0 heterocycles. The summed E-state index contributed by atoms with van der Waals surface area (Å²) in [4.78, 5) is 0. The van der Waals surface area contributed by atoms with E-state index in [9.17, 15) is 0 Å². The van der Waals surface area contributed by atoms with Crippen LogP contribution in [-0.2, 0) is 24.3 Å². The molecule has 0 fully saturated rings. The van der Waals surface area contributed by atoms with E-state index in [0.717, 1.165) is 18.7 Å². The summed E-state index contributed by atoms with van der Waals surface area (Å²) in [6.07, 6.45) is 0.941. The molecule has 2 aromatic rings. The van der Waals surface area contributed by atoms with Gasteiger partial charge in [-0.15, -0.1) is 0 Å². The minimum atomic E-state index is 0.368. The third-order valence-electron chi connectivity index (χ3n) is 3.78. The van der Waals surface area contributed by atoms with Crippen molar-refractivity contribution in [2.45, 2.75) is 32.5 Å². The average Bonchev–Trinajstić information content (AvgIpc) is 2.55. The van der Waals surface area contributed by atoms with Gasteiger partial charge in [-0.2, -0.15) is 0 Å². The molecule has 0 spiro atoms. The zero-order valence-electron chi connectivity index (χ0n) is 13.6.